The Hall–Kier alpha value is -1.60. The lowest BCUT2D eigenvalue weighted by Gasteiger charge is -2.20. The highest BCUT2D eigenvalue weighted by atomic mass is 35.5. The highest BCUT2D eigenvalue weighted by Gasteiger charge is 2.14. The maximum atomic E-state index is 12.0. The van der Waals surface area contributed by atoms with Crippen LogP contribution >= 0.6 is 11.6 Å². The number of ether oxygens (including phenoxy) is 1. The number of rotatable bonds is 7. The van der Waals surface area contributed by atoms with E-state index in [-0.39, 0.29) is 11.6 Å². The Morgan fingerprint density at radius 2 is 2.30 bits per heavy atom. The third kappa shape index (κ3) is 4.21. The third-order valence-corrected chi connectivity index (χ3v) is 3.16. The van der Waals surface area contributed by atoms with Gasteiger partial charge in [0.25, 0.3) is 5.56 Å². The minimum absolute atomic E-state index is 0.0517. The van der Waals surface area contributed by atoms with E-state index in [1.54, 1.807) is 0 Å². The molecule has 0 saturated heterocycles. The lowest BCUT2D eigenvalue weighted by atomic mass is 10.3. The van der Waals surface area contributed by atoms with Gasteiger partial charge in [0, 0.05) is 13.6 Å². The topological polar surface area (TPSA) is 76.5 Å². The van der Waals surface area contributed by atoms with Crippen molar-refractivity contribution in [2.24, 2.45) is 0 Å². The van der Waals surface area contributed by atoms with Crippen molar-refractivity contribution < 1.29 is 9.53 Å². The van der Waals surface area contributed by atoms with Gasteiger partial charge in [-0.2, -0.15) is 5.10 Å². The molecule has 20 heavy (non-hydrogen) atoms. The first-order valence-electron chi connectivity index (χ1n) is 6.19. The van der Waals surface area contributed by atoms with Crippen LogP contribution in [-0.2, 0) is 16.1 Å². The fourth-order valence-corrected chi connectivity index (χ4v) is 1.93. The number of halogens is 1. The third-order valence-electron chi connectivity index (χ3n) is 2.80. The summed E-state index contributed by atoms with van der Waals surface area (Å²) in [5, 5.41) is 7.03. The number of aromatic nitrogens is 2. The summed E-state index contributed by atoms with van der Waals surface area (Å²) >= 11 is 6.05. The van der Waals surface area contributed by atoms with Crippen LogP contribution < -0.4 is 15.8 Å². The normalized spacial score (nSPS) is 10.4. The number of hydrogen-bond donors (Lipinski definition) is 1. The Kier molecular flexibility index (Phi) is 6.47. The Morgan fingerprint density at radius 3 is 2.90 bits per heavy atom. The minimum atomic E-state index is -0.550. The molecular weight excluding hydrogens is 284 g/mol. The van der Waals surface area contributed by atoms with Crippen LogP contribution in [0.1, 0.15) is 6.42 Å². The molecule has 0 aliphatic carbocycles. The molecule has 0 amide bonds. The van der Waals surface area contributed by atoms with E-state index in [0.29, 0.717) is 5.69 Å². The SMILES string of the molecule is CNCCCN(C)c1cnn(CC(=O)OC)c(=O)c1Cl. The van der Waals surface area contributed by atoms with Gasteiger partial charge in [0.15, 0.2) is 0 Å². The second kappa shape index (κ2) is 7.86. The summed E-state index contributed by atoms with van der Waals surface area (Å²) in [6.07, 6.45) is 2.39. The van der Waals surface area contributed by atoms with Crippen molar-refractivity contribution in [3.63, 3.8) is 0 Å². The van der Waals surface area contributed by atoms with Crippen molar-refractivity contribution in [2.45, 2.75) is 13.0 Å². The first-order valence-corrected chi connectivity index (χ1v) is 6.57. The molecule has 7 nitrogen and oxygen atoms in total. The highest BCUT2D eigenvalue weighted by Crippen LogP contribution is 2.19. The molecule has 0 aromatic carbocycles. The number of hydrogen-bond acceptors (Lipinski definition) is 6. The molecule has 0 unspecified atom stereocenters. The van der Waals surface area contributed by atoms with Gasteiger partial charge < -0.3 is 15.0 Å². The Morgan fingerprint density at radius 1 is 1.60 bits per heavy atom. The average Bonchev–Trinajstić information content (AvgIpc) is 2.44. The summed E-state index contributed by atoms with van der Waals surface area (Å²) in [5.41, 5.74) is 0.0453. The van der Waals surface area contributed by atoms with E-state index in [2.05, 4.69) is 15.2 Å². The predicted molar refractivity (Wildman–Crippen MR) is 77.3 cm³/mol. The van der Waals surface area contributed by atoms with Crippen LogP contribution in [0.2, 0.25) is 5.02 Å². The number of esters is 1. The average molecular weight is 303 g/mol. The molecule has 0 radical (unpaired) electrons. The second-order valence-electron chi connectivity index (χ2n) is 4.26. The molecule has 8 heteroatoms. The van der Waals surface area contributed by atoms with Crippen molar-refractivity contribution >= 4 is 23.3 Å². The standard InChI is InChI=1S/C12H19ClN4O3/c1-14-5-4-6-16(2)9-7-15-17(8-10(18)20-3)12(19)11(9)13/h7,14H,4-6,8H2,1-3H3. The number of methoxy groups -OCH3 is 1. The largest absolute Gasteiger partial charge is 0.468 e. The summed E-state index contributed by atoms with van der Waals surface area (Å²) in [5.74, 6) is -0.550. The van der Waals surface area contributed by atoms with Gasteiger partial charge in [-0.05, 0) is 20.0 Å². The predicted octanol–water partition coefficient (Wildman–Crippen LogP) is 0.115. The van der Waals surface area contributed by atoms with Crippen molar-refractivity contribution in [1.29, 1.82) is 0 Å². The first kappa shape index (κ1) is 16.5. The van der Waals surface area contributed by atoms with E-state index in [1.807, 2.05) is 19.0 Å². The van der Waals surface area contributed by atoms with E-state index >= 15 is 0 Å². The second-order valence-corrected chi connectivity index (χ2v) is 4.64. The van der Waals surface area contributed by atoms with Crippen LogP contribution in [-0.4, -0.2) is 50.0 Å². The van der Waals surface area contributed by atoms with Crippen LogP contribution in [0.4, 0.5) is 5.69 Å². The van der Waals surface area contributed by atoms with E-state index in [1.165, 1.54) is 13.3 Å². The molecule has 0 aliphatic heterocycles. The van der Waals surface area contributed by atoms with Gasteiger partial charge in [-0.15, -0.1) is 0 Å². The van der Waals surface area contributed by atoms with Gasteiger partial charge in [0.05, 0.1) is 19.0 Å². The van der Waals surface area contributed by atoms with Gasteiger partial charge in [-0.25, -0.2) is 4.68 Å². The number of nitrogens with one attached hydrogen (secondary N) is 1. The molecule has 0 saturated carbocycles. The number of anilines is 1. The summed E-state index contributed by atoms with van der Waals surface area (Å²) in [4.78, 5) is 25.0. The van der Waals surface area contributed by atoms with Crippen molar-refractivity contribution in [1.82, 2.24) is 15.1 Å². The van der Waals surface area contributed by atoms with Crippen LogP contribution in [0.15, 0.2) is 11.0 Å². The molecule has 1 rings (SSSR count). The number of nitrogens with zero attached hydrogens (tertiary/aromatic N) is 3. The molecule has 1 N–H and O–H groups in total. The Labute approximate surface area is 122 Å². The van der Waals surface area contributed by atoms with Gasteiger partial charge >= 0.3 is 5.97 Å². The number of carbonyl (C=O) groups excluding carboxylic acids is 1. The molecule has 0 bridgehead atoms. The Balaban J connectivity index is 2.88. The zero-order valence-electron chi connectivity index (χ0n) is 11.9. The fraction of sp³-hybridized carbons (Fsp3) is 0.583. The Bertz CT molecular complexity index is 518. The van der Waals surface area contributed by atoms with Crippen molar-refractivity contribution in [3.05, 3.63) is 21.6 Å². The van der Waals surface area contributed by atoms with E-state index in [9.17, 15) is 9.59 Å². The van der Waals surface area contributed by atoms with Gasteiger partial charge in [-0.3, -0.25) is 9.59 Å². The van der Waals surface area contributed by atoms with Crippen molar-refractivity contribution in [2.75, 3.05) is 39.2 Å². The molecule has 0 spiro atoms. The first-order chi connectivity index (χ1) is 9.51. The van der Waals surface area contributed by atoms with Crippen LogP contribution in [0.3, 0.4) is 0 Å². The molecule has 112 valence electrons. The fourth-order valence-electron chi connectivity index (χ4n) is 1.64. The molecule has 1 aromatic heterocycles. The van der Waals surface area contributed by atoms with E-state index in [0.717, 1.165) is 24.2 Å². The zero-order valence-corrected chi connectivity index (χ0v) is 12.6. The van der Waals surface area contributed by atoms with Gasteiger partial charge in [0.2, 0.25) is 0 Å². The lowest BCUT2D eigenvalue weighted by molar-refractivity contribution is -0.141. The van der Waals surface area contributed by atoms with Crippen LogP contribution in [0.5, 0.6) is 0 Å². The monoisotopic (exact) mass is 302 g/mol. The maximum absolute atomic E-state index is 12.0. The molecule has 1 heterocycles. The number of carbonyl (C=O) groups is 1. The summed E-state index contributed by atoms with van der Waals surface area (Å²) in [6, 6.07) is 0. The molecular formula is C12H19ClN4O3. The zero-order chi connectivity index (χ0) is 15.1. The molecule has 0 atom stereocenters. The van der Waals surface area contributed by atoms with Crippen LogP contribution in [0, 0.1) is 0 Å². The minimum Gasteiger partial charge on any atom is -0.468 e. The summed E-state index contributed by atoms with van der Waals surface area (Å²) < 4.78 is 5.48. The van der Waals surface area contributed by atoms with E-state index < -0.39 is 11.5 Å². The van der Waals surface area contributed by atoms with E-state index in [4.69, 9.17) is 11.6 Å². The highest BCUT2D eigenvalue weighted by molar-refractivity contribution is 6.33. The maximum Gasteiger partial charge on any atom is 0.327 e. The lowest BCUT2D eigenvalue weighted by Crippen LogP contribution is -2.30. The molecule has 0 fully saturated rings. The summed E-state index contributed by atoms with van der Waals surface area (Å²) in [6.45, 7) is 1.36. The van der Waals surface area contributed by atoms with Gasteiger partial charge in [-0.1, -0.05) is 11.6 Å². The quantitative estimate of drug-likeness (QED) is 0.569. The van der Waals surface area contributed by atoms with Crippen LogP contribution in [0.25, 0.3) is 0 Å². The smallest absolute Gasteiger partial charge is 0.327 e. The molecule has 0 aliphatic rings. The molecule has 1 aromatic rings. The van der Waals surface area contributed by atoms with Gasteiger partial charge in [0.1, 0.15) is 11.6 Å². The summed E-state index contributed by atoms with van der Waals surface area (Å²) in [7, 11) is 4.96. The van der Waals surface area contributed by atoms with Crippen molar-refractivity contribution in [3.8, 4) is 0 Å².